The van der Waals surface area contributed by atoms with Crippen LogP contribution in [0.5, 0.6) is 0 Å². The van der Waals surface area contributed by atoms with Gasteiger partial charge in [-0.25, -0.2) is 0 Å². The summed E-state index contributed by atoms with van der Waals surface area (Å²) in [5.41, 5.74) is 2.36. The minimum atomic E-state index is -1.24. The number of fused-ring (bicyclic) bond motifs is 12. The zero-order valence-electron chi connectivity index (χ0n) is 24.7. The molecule has 8 saturated carbocycles. The van der Waals surface area contributed by atoms with Gasteiger partial charge in [-0.3, -0.25) is 0 Å². The molecule has 8 fully saturated rings. The van der Waals surface area contributed by atoms with E-state index in [-0.39, 0.29) is 0 Å². The van der Waals surface area contributed by atoms with E-state index in [0.29, 0.717) is 0 Å². The summed E-state index contributed by atoms with van der Waals surface area (Å²) in [6, 6.07) is 0. The first-order valence-electron chi connectivity index (χ1n) is 18.1. The lowest BCUT2D eigenvalue weighted by molar-refractivity contribution is -0.0484. The van der Waals surface area contributed by atoms with Crippen LogP contribution in [-0.4, -0.2) is 8.07 Å². The second kappa shape index (κ2) is 9.65. The molecule has 8 aliphatic carbocycles. The molecule has 0 N–H and O–H groups in total. The third-order valence-corrected chi connectivity index (χ3v) is 21.4. The Bertz CT molecular complexity index is 705. The Morgan fingerprint density at radius 2 is 0.486 bits per heavy atom. The Labute approximate surface area is 231 Å². The van der Waals surface area contributed by atoms with Gasteiger partial charge in [0, 0.05) is 0 Å². The number of hydrogen-bond acceptors (Lipinski definition) is 0. The first kappa shape index (κ1) is 25.0. The molecule has 12 atom stereocenters. The Kier molecular flexibility index (Phi) is 6.51. The SMILES string of the molecule is C[Si](C)(C1CC2C3CCCCC3C3CCCCC3C2C1)C1CC2C3CCCCC3C3CCCCC3C2C1. The van der Waals surface area contributed by atoms with Crippen molar-refractivity contribution in [3.63, 3.8) is 0 Å². The molecule has 0 spiro atoms. The van der Waals surface area contributed by atoms with Gasteiger partial charge in [0.25, 0.3) is 0 Å². The molecule has 0 aromatic carbocycles. The first-order chi connectivity index (χ1) is 18.1. The van der Waals surface area contributed by atoms with Crippen LogP contribution in [0.25, 0.3) is 0 Å². The van der Waals surface area contributed by atoms with Crippen LogP contribution in [0.15, 0.2) is 0 Å². The standard InChI is InChI=1S/C36H60Si/c1-37(2,23-19-33-29-15-7-3-11-25(29)26-12-4-8-16-30(26)34(33)20-23)24-21-35-31-17-9-5-13-27(31)28-14-6-10-18-32(28)36(35)22-24/h23-36H,3-22H2,1-2H3. The second-order valence-electron chi connectivity index (χ2n) is 17.3. The van der Waals surface area contributed by atoms with Crippen LogP contribution in [0.1, 0.15) is 128 Å². The summed E-state index contributed by atoms with van der Waals surface area (Å²) in [6.45, 7) is 5.93. The summed E-state index contributed by atoms with van der Waals surface area (Å²) in [5, 5.41) is 0. The van der Waals surface area contributed by atoms with Crippen LogP contribution >= 0.6 is 0 Å². The molecule has 0 nitrogen and oxygen atoms in total. The van der Waals surface area contributed by atoms with Crippen molar-refractivity contribution in [1.29, 1.82) is 0 Å². The van der Waals surface area contributed by atoms with E-state index in [4.69, 9.17) is 0 Å². The molecule has 12 unspecified atom stereocenters. The van der Waals surface area contributed by atoms with E-state index in [1.807, 2.05) is 0 Å². The van der Waals surface area contributed by atoms with Crippen molar-refractivity contribution in [3.8, 4) is 0 Å². The predicted octanol–water partition coefficient (Wildman–Crippen LogP) is 10.7. The molecule has 1 heteroatoms. The summed E-state index contributed by atoms with van der Waals surface area (Å²) in [6.07, 6.45) is 32.4. The van der Waals surface area contributed by atoms with E-state index in [0.717, 1.165) is 71.0 Å². The number of hydrogen-bond donors (Lipinski definition) is 0. The summed E-state index contributed by atoms with van der Waals surface area (Å²) in [4.78, 5) is 0. The molecular formula is C36H60Si. The molecule has 0 amide bonds. The third kappa shape index (κ3) is 3.90. The average Bonchev–Trinajstić information content (AvgIpc) is 3.61. The Balaban J connectivity index is 1.04. The molecule has 0 heterocycles. The minimum absolute atomic E-state index is 1.16. The first-order valence-corrected chi connectivity index (χ1v) is 21.3. The Morgan fingerprint density at radius 1 is 0.297 bits per heavy atom. The molecule has 0 bridgehead atoms. The molecule has 0 aromatic rings. The summed E-state index contributed by atoms with van der Waals surface area (Å²) in [7, 11) is -1.24. The topological polar surface area (TPSA) is 0 Å². The van der Waals surface area contributed by atoms with Crippen LogP contribution in [0.3, 0.4) is 0 Å². The van der Waals surface area contributed by atoms with E-state index >= 15 is 0 Å². The highest BCUT2D eigenvalue weighted by Gasteiger charge is 2.60. The van der Waals surface area contributed by atoms with Crippen molar-refractivity contribution in [2.75, 3.05) is 0 Å². The van der Waals surface area contributed by atoms with Gasteiger partial charge in [0.2, 0.25) is 0 Å². The zero-order valence-corrected chi connectivity index (χ0v) is 25.7. The lowest BCUT2D eigenvalue weighted by Gasteiger charge is -2.54. The molecule has 0 aliphatic heterocycles. The molecule has 8 aliphatic rings. The zero-order chi connectivity index (χ0) is 24.7. The summed E-state index contributed by atoms with van der Waals surface area (Å²) < 4.78 is 0. The van der Waals surface area contributed by atoms with Crippen molar-refractivity contribution < 1.29 is 0 Å². The maximum atomic E-state index is 2.96. The highest BCUT2D eigenvalue weighted by molar-refractivity contribution is 6.80. The van der Waals surface area contributed by atoms with Gasteiger partial charge in [-0.2, -0.15) is 0 Å². The van der Waals surface area contributed by atoms with Crippen LogP contribution in [0.2, 0.25) is 24.2 Å². The van der Waals surface area contributed by atoms with Crippen LogP contribution in [0, 0.1) is 71.0 Å². The van der Waals surface area contributed by atoms with E-state index in [2.05, 4.69) is 13.1 Å². The molecule has 37 heavy (non-hydrogen) atoms. The Hall–Kier alpha value is 0.217. The molecule has 0 radical (unpaired) electrons. The van der Waals surface area contributed by atoms with E-state index < -0.39 is 8.07 Å². The van der Waals surface area contributed by atoms with Gasteiger partial charge in [-0.15, -0.1) is 0 Å². The predicted molar refractivity (Wildman–Crippen MR) is 159 cm³/mol. The minimum Gasteiger partial charge on any atom is -0.0689 e. The highest BCUT2D eigenvalue weighted by Crippen LogP contribution is 2.68. The third-order valence-electron chi connectivity index (χ3n) is 16.2. The van der Waals surface area contributed by atoms with Gasteiger partial charge in [0.1, 0.15) is 0 Å². The quantitative estimate of drug-likeness (QED) is 0.318. The van der Waals surface area contributed by atoms with E-state index in [1.165, 1.54) is 11.1 Å². The van der Waals surface area contributed by atoms with Crippen molar-refractivity contribution in [3.05, 3.63) is 0 Å². The van der Waals surface area contributed by atoms with Gasteiger partial charge in [0.05, 0.1) is 8.07 Å². The van der Waals surface area contributed by atoms with Crippen LogP contribution < -0.4 is 0 Å². The van der Waals surface area contributed by atoms with Gasteiger partial charge in [0.15, 0.2) is 0 Å². The second-order valence-corrected chi connectivity index (χ2v) is 22.5. The van der Waals surface area contributed by atoms with E-state index in [1.54, 1.807) is 128 Å². The number of rotatable bonds is 2. The van der Waals surface area contributed by atoms with E-state index in [9.17, 15) is 0 Å². The summed E-state index contributed by atoms with van der Waals surface area (Å²) in [5.74, 6) is 13.9. The average molecular weight is 521 g/mol. The van der Waals surface area contributed by atoms with Crippen molar-refractivity contribution in [2.45, 2.75) is 153 Å². The molecular weight excluding hydrogens is 460 g/mol. The lowest BCUT2D eigenvalue weighted by atomic mass is 9.51. The lowest BCUT2D eigenvalue weighted by Crippen LogP contribution is -2.46. The maximum Gasteiger partial charge on any atom is 0.0536 e. The molecule has 0 saturated heterocycles. The molecule has 0 aromatic heterocycles. The summed E-state index contributed by atoms with van der Waals surface area (Å²) >= 11 is 0. The Morgan fingerprint density at radius 3 is 0.703 bits per heavy atom. The molecule has 208 valence electrons. The highest BCUT2D eigenvalue weighted by atomic mass is 28.3. The fourth-order valence-electron chi connectivity index (χ4n) is 14.7. The monoisotopic (exact) mass is 520 g/mol. The smallest absolute Gasteiger partial charge is 0.0536 e. The van der Waals surface area contributed by atoms with Crippen molar-refractivity contribution in [1.82, 2.24) is 0 Å². The van der Waals surface area contributed by atoms with Crippen molar-refractivity contribution >= 4 is 8.07 Å². The van der Waals surface area contributed by atoms with Gasteiger partial charge >= 0.3 is 0 Å². The molecule has 8 rings (SSSR count). The maximum absolute atomic E-state index is 2.96. The van der Waals surface area contributed by atoms with Crippen LogP contribution in [-0.2, 0) is 0 Å². The normalized spacial score (nSPS) is 55.3. The van der Waals surface area contributed by atoms with Gasteiger partial charge in [-0.05, 0) is 159 Å². The van der Waals surface area contributed by atoms with Crippen LogP contribution in [0.4, 0.5) is 0 Å². The fraction of sp³-hybridized carbons (Fsp3) is 1.00. The largest absolute Gasteiger partial charge is 0.0689 e. The van der Waals surface area contributed by atoms with Gasteiger partial charge in [-0.1, -0.05) is 64.5 Å². The van der Waals surface area contributed by atoms with Gasteiger partial charge < -0.3 is 0 Å². The fourth-order valence-corrected chi connectivity index (χ4v) is 18.9. The van der Waals surface area contributed by atoms with Crippen molar-refractivity contribution in [2.24, 2.45) is 71.0 Å².